The Morgan fingerprint density at radius 2 is 1.63 bits per heavy atom. The van der Waals surface area contributed by atoms with Crippen LogP contribution >= 0.6 is 0 Å². The van der Waals surface area contributed by atoms with E-state index in [-0.39, 0.29) is 17.4 Å². The highest BCUT2D eigenvalue weighted by Gasteiger charge is 2.70. The van der Waals surface area contributed by atoms with Crippen molar-refractivity contribution in [2.24, 2.45) is 0 Å². The van der Waals surface area contributed by atoms with Gasteiger partial charge in [-0.1, -0.05) is 79.7 Å². The van der Waals surface area contributed by atoms with Crippen molar-refractivity contribution in [3.63, 3.8) is 0 Å². The number of aromatic nitrogens is 2. The van der Waals surface area contributed by atoms with E-state index in [1.165, 1.54) is 0 Å². The molecule has 2 fully saturated rings. The van der Waals surface area contributed by atoms with Crippen LogP contribution in [0.3, 0.4) is 0 Å². The molecule has 3 aromatic carbocycles. The molecule has 1 saturated carbocycles. The lowest BCUT2D eigenvalue weighted by Crippen LogP contribution is -2.42. The summed E-state index contributed by atoms with van der Waals surface area (Å²) >= 11 is 0. The van der Waals surface area contributed by atoms with Crippen molar-refractivity contribution >= 4 is 22.8 Å². The molecule has 0 radical (unpaired) electrons. The second kappa shape index (κ2) is 8.35. The maximum atomic E-state index is 14.2. The second-order valence-electron chi connectivity index (χ2n) is 9.36. The van der Waals surface area contributed by atoms with Gasteiger partial charge in [0.1, 0.15) is 17.4 Å². The predicted molar refractivity (Wildman–Crippen MR) is 139 cm³/mol. The van der Waals surface area contributed by atoms with E-state index in [0.29, 0.717) is 29.6 Å². The molecule has 1 spiro atoms. The number of para-hydroxylation sites is 1. The smallest absolute Gasteiger partial charge is 0.280 e. The normalized spacial score (nSPS) is 22.8. The Hall–Kier alpha value is -3.99. The molecule has 0 bridgehead atoms. The molecule has 1 aliphatic heterocycles. The zero-order valence-electron chi connectivity index (χ0n) is 19.7. The standard InChI is InChI=1S/C30H27N3O2/c1-2-26-31-25-18-10-9-17-24(25)29(35)32(26)33-27(22-14-7-4-8-15-22)30(33)19-11-16-23(28(30)34)20-21-12-5-3-6-13-21/h3-10,12-15,17-18,20,27H,2,11,16,19H2,1H3/b23-20+/t27-,30+,33?/m0/s1. The van der Waals surface area contributed by atoms with Crippen LogP contribution in [0.4, 0.5) is 0 Å². The van der Waals surface area contributed by atoms with Gasteiger partial charge in [-0.15, -0.1) is 0 Å². The molecule has 0 unspecified atom stereocenters. The zero-order valence-corrected chi connectivity index (χ0v) is 19.7. The van der Waals surface area contributed by atoms with Gasteiger partial charge in [-0.05, 0) is 54.2 Å². The van der Waals surface area contributed by atoms with Crippen LogP contribution in [0.2, 0.25) is 0 Å². The lowest BCUT2D eigenvalue weighted by molar-refractivity contribution is -0.119. The third-order valence-corrected chi connectivity index (χ3v) is 7.34. The molecule has 1 saturated heterocycles. The summed E-state index contributed by atoms with van der Waals surface area (Å²) in [7, 11) is 0. The van der Waals surface area contributed by atoms with E-state index in [2.05, 4.69) is 12.1 Å². The van der Waals surface area contributed by atoms with Gasteiger partial charge < -0.3 is 0 Å². The summed E-state index contributed by atoms with van der Waals surface area (Å²) in [5, 5.41) is 2.59. The Labute approximate surface area is 204 Å². The average molecular weight is 462 g/mol. The number of rotatable bonds is 4. The number of benzene rings is 3. The molecule has 5 nitrogen and oxygen atoms in total. The third kappa shape index (κ3) is 3.34. The van der Waals surface area contributed by atoms with Gasteiger partial charge in [0.15, 0.2) is 5.78 Å². The van der Waals surface area contributed by atoms with Crippen LogP contribution in [-0.4, -0.2) is 21.0 Å². The summed E-state index contributed by atoms with van der Waals surface area (Å²) in [6.07, 6.45) is 4.96. The number of fused-ring (bicyclic) bond motifs is 1. The minimum absolute atomic E-state index is 0.114. The van der Waals surface area contributed by atoms with Crippen LogP contribution in [0, 0.1) is 0 Å². The van der Waals surface area contributed by atoms with E-state index in [1.54, 1.807) is 4.68 Å². The minimum Gasteiger partial charge on any atom is -0.292 e. The van der Waals surface area contributed by atoms with Crippen LogP contribution in [0.25, 0.3) is 17.0 Å². The fourth-order valence-electron chi connectivity index (χ4n) is 5.71. The van der Waals surface area contributed by atoms with Gasteiger partial charge in [0.2, 0.25) is 0 Å². The second-order valence-corrected chi connectivity index (χ2v) is 9.36. The van der Waals surface area contributed by atoms with Gasteiger partial charge >= 0.3 is 0 Å². The molecule has 1 aliphatic carbocycles. The Morgan fingerprint density at radius 1 is 0.943 bits per heavy atom. The zero-order chi connectivity index (χ0) is 24.0. The molecule has 4 aromatic rings. The van der Waals surface area contributed by atoms with Gasteiger partial charge in [-0.25, -0.2) is 9.66 Å². The number of Topliss-reactive ketones (excluding diaryl/α,β-unsaturated/α-hetero) is 1. The summed E-state index contributed by atoms with van der Waals surface area (Å²) in [6.45, 7) is 2.00. The average Bonchev–Trinajstić information content (AvgIpc) is 3.55. The monoisotopic (exact) mass is 461 g/mol. The van der Waals surface area contributed by atoms with Crippen LogP contribution in [0.15, 0.2) is 95.3 Å². The van der Waals surface area contributed by atoms with Gasteiger partial charge in [0, 0.05) is 6.42 Å². The van der Waals surface area contributed by atoms with E-state index < -0.39 is 5.54 Å². The first-order valence-electron chi connectivity index (χ1n) is 12.3. The van der Waals surface area contributed by atoms with Crippen LogP contribution in [0.1, 0.15) is 49.2 Å². The Bertz CT molecular complexity index is 1510. The molecule has 2 atom stereocenters. The molecule has 6 rings (SSSR count). The first-order valence-corrected chi connectivity index (χ1v) is 12.3. The van der Waals surface area contributed by atoms with E-state index in [1.807, 2.05) is 90.8 Å². The van der Waals surface area contributed by atoms with Crippen molar-refractivity contribution in [3.8, 4) is 0 Å². The SMILES string of the molecule is CCc1nc2ccccc2c(=O)n1N1[C@@H](c2ccccc2)[C@@]12CCC/C(=C\c1ccccc1)C2=O. The molecule has 0 amide bonds. The van der Waals surface area contributed by atoms with E-state index in [4.69, 9.17) is 4.98 Å². The summed E-state index contributed by atoms with van der Waals surface area (Å²) in [5.74, 6) is 0.794. The highest BCUT2D eigenvalue weighted by atomic mass is 16.2. The number of aryl methyl sites for hydroxylation is 1. The molecule has 2 heterocycles. The highest BCUT2D eigenvalue weighted by molar-refractivity contribution is 6.11. The third-order valence-electron chi connectivity index (χ3n) is 7.34. The maximum Gasteiger partial charge on any atom is 0.280 e. The van der Waals surface area contributed by atoms with Gasteiger partial charge in [-0.3, -0.25) is 14.6 Å². The number of ketones is 1. The van der Waals surface area contributed by atoms with Gasteiger partial charge in [-0.2, -0.15) is 0 Å². The van der Waals surface area contributed by atoms with E-state index in [9.17, 15) is 9.59 Å². The lowest BCUT2D eigenvalue weighted by Gasteiger charge is -2.25. The molecule has 1 aromatic heterocycles. The number of hydrogen-bond acceptors (Lipinski definition) is 4. The van der Waals surface area contributed by atoms with Crippen molar-refractivity contribution in [3.05, 3.63) is 118 Å². The first-order chi connectivity index (χ1) is 17.1. The van der Waals surface area contributed by atoms with Crippen molar-refractivity contribution in [2.75, 3.05) is 5.01 Å². The Kier molecular flexibility index (Phi) is 5.14. The van der Waals surface area contributed by atoms with E-state index >= 15 is 0 Å². The van der Waals surface area contributed by atoms with Crippen molar-refractivity contribution in [1.29, 1.82) is 0 Å². The topological polar surface area (TPSA) is 55.0 Å². The fraction of sp³-hybridized carbons (Fsp3) is 0.233. The largest absolute Gasteiger partial charge is 0.292 e. The molecule has 174 valence electrons. The molecular formula is C30H27N3O2. The first kappa shape index (κ1) is 21.5. The quantitative estimate of drug-likeness (QED) is 0.309. The molecule has 2 aliphatic rings. The summed E-state index contributed by atoms with van der Waals surface area (Å²) < 4.78 is 1.70. The Balaban J connectivity index is 1.54. The summed E-state index contributed by atoms with van der Waals surface area (Å²) in [6, 6.07) is 27.3. The number of carbonyl (C=O) groups is 1. The maximum absolute atomic E-state index is 14.2. The van der Waals surface area contributed by atoms with Crippen LogP contribution in [0.5, 0.6) is 0 Å². The highest BCUT2D eigenvalue weighted by Crippen LogP contribution is 2.58. The number of nitrogens with zero attached hydrogens (tertiary/aromatic N) is 3. The van der Waals surface area contributed by atoms with Crippen LogP contribution < -0.4 is 10.6 Å². The number of hydrogen-bond donors (Lipinski definition) is 0. The van der Waals surface area contributed by atoms with Crippen molar-refractivity contribution in [2.45, 2.75) is 44.2 Å². The number of carbonyl (C=O) groups excluding carboxylic acids is 1. The lowest BCUT2D eigenvalue weighted by atomic mass is 9.79. The van der Waals surface area contributed by atoms with Gasteiger partial charge in [0.05, 0.1) is 10.9 Å². The molecule has 5 heteroatoms. The Morgan fingerprint density at radius 3 is 2.37 bits per heavy atom. The van der Waals surface area contributed by atoms with E-state index in [0.717, 1.165) is 29.5 Å². The molecular weight excluding hydrogens is 434 g/mol. The van der Waals surface area contributed by atoms with Gasteiger partial charge in [0.25, 0.3) is 5.56 Å². The molecule has 0 N–H and O–H groups in total. The fourth-order valence-corrected chi connectivity index (χ4v) is 5.71. The van der Waals surface area contributed by atoms with Crippen molar-refractivity contribution in [1.82, 2.24) is 9.66 Å². The predicted octanol–water partition coefficient (Wildman–Crippen LogP) is 5.23. The minimum atomic E-state index is -0.780. The van der Waals surface area contributed by atoms with Crippen molar-refractivity contribution < 1.29 is 4.79 Å². The molecule has 35 heavy (non-hydrogen) atoms. The summed E-state index contributed by atoms with van der Waals surface area (Å²) in [4.78, 5) is 32.9. The van der Waals surface area contributed by atoms with Crippen LogP contribution in [-0.2, 0) is 11.2 Å². The summed E-state index contributed by atoms with van der Waals surface area (Å²) in [5.41, 5.74) is 2.69.